The molecule has 2 heterocycles. The van der Waals surface area contributed by atoms with Gasteiger partial charge in [0.1, 0.15) is 5.82 Å². The average molecular weight is 442 g/mol. The van der Waals surface area contributed by atoms with Gasteiger partial charge in [-0.3, -0.25) is 9.52 Å². The standard InChI is InChI=1S/C21H22N4O5S/c1-30-21(27)13-8-9-15-17(11-13)22-19(23-20(15)26)12-25-10-4-5-14-16(24-31(2,28)29)6-3-7-18(14)25/h3,6-9,11,24H,4-5,10,12H2,1-2H3,(H,22,23,26). The van der Waals surface area contributed by atoms with Gasteiger partial charge < -0.3 is 14.6 Å². The lowest BCUT2D eigenvalue weighted by atomic mass is 10.00. The summed E-state index contributed by atoms with van der Waals surface area (Å²) < 4.78 is 30.7. The number of carbonyl (C=O) groups excluding carboxylic acids is 1. The van der Waals surface area contributed by atoms with Crippen molar-refractivity contribution < 1.29 is 17.9 Å². The first-order chi connectivity index (χ1) is 14.7. The quantitative estimate of drug-likeness (QED) is 0.580. The number of ether oxygens (including phenoxy) is 1. The fraction of sp³-hybridized carbons (Fsp3) is 0.286. The molecule has 0 amide bonds. The molecule has 2 N–H and O–H groups in total. The van der Waals surface area contributed by atoms with E-state index in [1.54, 1.807) is 18.2 Å². The van der Waals surface area contributed by atoms with Gasteiger partial charge in [0.15, 0.2) is 0 Å². The molecule has 0 spiro atoms. The Kier molecular flexibility index (Phi) is 5.40. The van der Waals surface area contributed by atoms with Crippen LogP contribution in [0, 0.1) is 0 Å². The number of sulfonamides is 1. The van der Waals surface area contributed by atoms with Crippen molar-refractivity contribution in [2.75, 3.05) is 29.5 Å². The minimum Gasteiger partial charge on any atom is -0.465 e. The van der Waals surface area contributed by atoms with Crippen molar-refractivity contribution in [2.45, 2.75) is 19.4 Å². The predicted octanol–water partition coefficient (Wildman–Crippen LogP) is 2.03. The molecule has 10 heteroatoms. The second-order valence-corrected chi connectivity index (χ2v) is 9.19. The zero-order valence-electron chi connectivity index (χ0n) is 17.1. The second-order valence-electron chi connectivity index (χ2n) is 7.44. The van der Waals surface area contributed by atoms with Gasteiger partial charge in [0.25, 0.3) is 5.56 Å². The smallest absolute Gasteiger partial charge is 0.337 e. The molecule has 1 aliphatic rings. The molecule has 1 aromatic heterocycles. The molecule has 162 valence electrons. The van der Waals surface area contributed by atoms with E-state index < -0.39 is 16.0 Å². The molecule has 31 heavy (non-hydrogen) atoms. The van der Waals surface area contributed by atoms with Crippen LogP contribution in [0.25, 0.3) is 10.9 Å². The summed E-state index contributed by atoms with van der Waals surface area (Å²) >= 11 is 0. The van der Waals surface area contributed by atoms with Crippen LogP contribution in [0.2, 0.25) is 0 Å². The van der Waals surface area contributed by atoms with Crippen LogP contribution in [0.3, 0.4) is 0 Å². The Labute approximate surface area is 179 Å². The summed E-state index contributed by atoms with van der Waals surface area (Å²) in [5.41, 5.74) is 2.81. The van der Waals surface area contributed by atoms with Gasteiger partial charge in [-0.05, 0) is 48.7 Å². The maximum absolute atomic E-state index is 12.5. The van der Waals surface area contributed by atoms with E-state index in [1.807, 2.05) is 6.07 Å². The van der Waals surface area contributed by atoms with Gasteiger partial charge in [-0.25, -0.2) is 18.2 Å². The fourth-order valence-corrected chi connectivity index (χ4v) is 4.44. The van der Waals surface area contributed by atoms with Crippen LogP contribution in [-0.2, 0) is 27.7 Å². The zero-order valence-corrected chi connectivity index (χ0v) is 18.0. The van der Waals surface area contributed by atoms with E-state index in [2.05, 4.69) is 19.6 Å². The number of nitrogens with zero attached hydrogens (tertiary/aromatic N) is 2. The summed E-state index contributed by atoms with van der Waals surface area (Å²) in [6, 6.07) is 10.1. The Balaban J connectivity index is 1.70. The SMILES string of the molecule is COC(=O)c1ccc2c(=O)[nH]c(CN3CCCc4c(NS(C)(=O)=O)cccc43)nc2c1. The van der Waals surface area contributed by atoms with Gasteiger partial charge in [0, 0.05) is 12.2 Å². The Morgan fingerprint density at radius 2 is 2.10 bits per heavy atom. The lowest BCUT2D eigenvalue weighted by molar-refractivity contribution is 0.0601. The summed E-state index contributed by atoms with van der Waals surface area (Å²) in [5, 5.41) is 0.384. The summed E-state index contributed by atoms with van der Waals surface area (Å²) in [7, 11) is -2.10. The normalized spacial score (nSPS) is 13.7. The number of nitrogens with one attached hydrogen (secondary N) is 2. The van der Waals surface area contributed by atoms with Crippen molar-refractivity contribution in [3.8, 4) is 0 Å². The number of carbonyl (C=O) groups is 1. The second kappa shape index (κ2) is 8.03. The number of esters is 1. The van der Waals surface area contributed by atoms with Crippen LogP contribution in [0.15, 0.2) is 41.2 Å². The topological polar surface area (TPSA) is 121 Å². The van der Waals surface area contributed by atoms with Gasteiger partial charge >= 0.3 is 5.97 Å². The molecular weight excluding hydrogens is 420 g/mol. The van der Waals surface area contributed by atoms with Crippen molar-refractivity contribution in [1.29, 1.82) is 0 Å². The van der Waals surface area contributed by atoms with E-state index >= 15 is 0 Å². The number of methoxy groups -OCH3 is 1. The van der Waals surface area contributed by atoms with Crippen LogP contribution in [0.4, 0.5) is 11.4 Å². The van der Waals surface area contributed by atoms with Crippen LogP contribution >= 0.6 is 0 Å². The highest BCUT2D eigenvalue weighted by molar-refractivity contribution is 7.92. The number of fused-ring (bicyclic) bond motifs is 2. The Morgan fingerprint density at radius 3 is 2.84 bits per heavy atom. The molecule has 1 aliphatic heterocycles. The van der Waals surface area contributed by atoms with Gasteiger partial charge in [0.2, 0.25) is 10.0 Å². The predicted molar refractivity (Wildman–Crippen MR) is 118 cm³/mol. The maximum atomic E-state index is 12.5. The third-order valence-electron chi connectivity index (χ3n) is 5.16. The highest BCUT2D eigenvalue weighted by Gasteiger charge is 2.22. The van der Waals surface area contributed by atoms with Crippen LogP contribution in [0.1, 0.15) is 28.2 Å². The van der Waals surface area contributed by atoms with Crippen LogP contribution in [-0.4, -0.2) is 44.3 Å². The largest absolute Gasteiger partial charge is 0.465 e. The lowest BCUT2D eigenvalue weighted by Crippen LogP contribution is -2.31. The molecule has 0 saturated heterocycles. The van der Waals surface area contributed by atoms with Gasteiger partial charge in [-0.1, -0.05) is 6.07 Å². The Morgan fingerprint density at radius 1 is 1.29 bits per heavy atom. The minimum absolute atomic E-state index is 0.291. The first-order valence-corrected chi connectivity index (χ1v) is 11.6. The molecule has 3 aromatic rings. The van der Waals surface area contributed by atoms with Gasteiger partial charge in [0.05, 0.1) is 42.1 Å². The average Bonchev–Trinajstić information content (AvgIpc) is 2.72. The minimum atomic E-state index is -3.40. The molecule has 0 bridgehead atoms. The number of aromatic amines is 1. The van der Waals surface area contributed by atoms with E-state index in [0.717, 1.165) is 36.9 Å². The number of rotatable bonds is 5. The molecule has 0 unspecified atom stereocenters. The molecule has 0 radical (unpaired) electrons. The fourth-order valence-electron chi connectivity index (χ4n) is 3.85. The Hall–Kier alpha value is -3.40. The number of hydrogen-bond donors (Lipinski definition) is 2. The summed E-state index contributed by atoms with van der Waals surface area (Å²) in [4.78, 5) is 33.8. The molecule has 0 fully saturated rings. The number of hydrogen-bond acceptors (Lipinski definition) is 7. The van der Waals surface area contributed by atoms with Crippen molar-refractivity contribution in [1.82, 2.24) is 9.97 Å². The molecule has 0 aliphatic carbocycles. The first-order valence-electron chi connectivity index (χ1n) is 9.71. The number of benzene rings is 2. The zero-order chi connectivity index (χ0) is 22.2. The Bertz CT molecular complexity index is 1330. The van der Waals surface area contributed by atoms with Gasteiger partial charge in [-0.2, -0.15) is 0 Å². The van der Waals surface area contributed by atoms with E-state index in [9.17, 15) is 18.0 Å². The maximum Gasteiger partial charge on any atom is 0.337 e. The van der Waals surface area contributed by atoms with E-state index in [0.29, 0.717) is 34.5 Å². The lowest BCUT2D eigenvalue weighted by Gasteiger charge is -2.32. The highest BCUT2D eigenvalue weighted by atomic mass is 32.2. The van der Waals surface area contributed by atoms with E-state index in [1.165, 1.54) is 19.2 Å². The summed E-state index contributed by atoms with van der Waals surface area (Å²) in [5.74, 6) is -0.0461. The molecule has 2 aromatic carbocycles. The van der Waals surface area contributed by atoms with Crippen LogP contribution < -0.4 is 15.2 Å². The molecular formula is C21H22N4O5S. The third kappa shape index (κ3) is 4.38. The highest BCUT2D eigenvalue weighted by Crippen LogP contribution is 2.33. The first kappa shape index (κ1) is 20.9. The van der Waals surface area contributed by atoms with E-state index in [-0.39, 0.29) is 5.56 Å². The molecule has 9 nitrogen and oxygen atoms in total. The molecule has 4 rings (SSSR count). The number of aromatic nitrogens is 2. The van der Waals surface area contributed by atoms with Crippen LogP contribution in [0.5, 0.6) is 0 Å². The monoisotopic (exact) mass is 442 g/mol. The van der Waals surface area contributed by atoms with Gasteiger partial charge in [-0.15, -0.1) is 0 Å². The van der Waals surface area contributed by atoms with Crippen molar-refractivity contribution in [3.63, 3.8) is 0 Å². The number of anilines is 2. The van der Waals surface area contributed by atoms with E-state index in [4.69, 9.17) is 4.74 Å². The molecule has 0 saturated carbocycles. The summed E-state index contributed by atoms with van der Waals surface area (Å²) in [6.07, 6.45) is 2.70. The molecule has 0 atom stereocenters. The summed E-state index contributed by atoms with van der Waals surface area (Å²) in [6.45, 7) is 1.07. The van der Waals surface area contributed by atoms with Crippen molar-refractivity contribution in [3.05, 3.63) is 63.7 Å². The van der Waals surface area contributed by atoms with Crippen molar-refractivity contribution in [2.24, 2.45) is 0 Å². The third-order valence-corrected chi connectivity index (χ3v) is 5.75. The van der Waals surface area contributed by atoms with Crippen molar-refractivity contribution >= 4 is 38.3 Å². The number of H-pyrrole nitrogens is 1.